The summed E-state index contributed by atoms with van der Waals surface area (Å²) in [6.45, 7) is 2.64. The third-order valence-electron chi connectivity index (χ3n) is 1.93. The van der Waals surface area contributed by atoms with Crippen molar-refractivity contribution in [3.05, 3.63) is 22.9 Å². The average molecular weight is 183 g/mol. The summed E-state index contributed by atoms with van der Waals surface area (Å²) in [5.74, 6) is -0.0656. The lowest BCUT2D eigenvalue weighted by atomic mass is 10.5. The molecule has 1 heterocycles. The van der Waals surface area contributed by atoms with Crippen LogP contribution in [0, 0.1) is 0 Å². The first-order chi connectivity index (χ1) is 6.15. The van der Waals surface area contributed by atoms with Gasteiger partial charge in [-0.25, -0.2) is 4.79 Å². The Morgan fingerprint density at radius 3 is 2.85 bits per heavy atom. The first kappa shape index (κ1) is 9.57. The number of carbonyl (C=O) groups is 1. The van der Waals surface area contributed by atoms with Crippen LogP contribution in [0.3, 0.4) is 0 Å². The highest BCUT2D eigenvalue weighted by atomic mass is 16.2. The summed E-state index contributed by atoms with van der Waals surface area (Å²) in [6, 6.07) is 0. The molecule has 5 nitrogen and oxygen atoms in total. The lowest BCUT2D eigenvalue weighted by molar-refractivity contribution is -0.130. The van der Waals surface area contributed by atoms with E-state index in [1.165, 1.54) is 10.8 Å². The Hall–Kier alpha value is -1.52. The Bertz CT molecular complexity index is 339. The van der Waals surface area contributed by atoms with Crippen molar-refractivity contribution in [2.75, 3.05) is 13.6 Å². The molecule has 13 heavy (non-hydrogen) atoms. The molecular weight excluding hydrogens is 170 g/mol. The maximum absolute atomic E-state index is 11.3. The van der Waals surface area contributed by atoms with Gasteiger partial charge in [-0.05, 0) is 6.92 Å². The maximum Gasteiger partial charge on any atom is 0.325 e. The molecule has 0 spiro atoms. The molecule has 0 aliphatic carbocycles. The smallest absolute Gasteiger partial charge is 0.325 e. The van der Waals surface area contributed by atoms with E-state index < -0.39 is 0 Å². The molecule has 0 aliphatic heterocycles. The van der Waals surface area contributed by atoms with E-state index in [1.54, 1.807) is 18.1 Å². The number of aromatic nitrogens is 2. The summed E-state index contributed by atoms with van der Waals surface area (Å²) in [5, 5.41) is 0. The monoisotopic (exact) mass is 183 g/mol. The second-order valence-electron chi connectivity index (χ2n) is 2.80. The second kappa shape index (κ2) is 3.93. The van der Waals surface area contributed by atoms with Gasteiger partial charge in [-0.1, -0.05) is 0 Å². The minimum absolute atomic E-state index is 0.0656. The second-order valence-corrected chi connectivity index (χ2v) is 2.80. The van der Waals surface area contributed by atoms with Gasteiger partial charge in [0, 0.05) is 26.0 Å². The molecule has 1 N–H and O–H groups in total. The highest BCUT2D eigenvalue weighted by molar-refractivity contribution is 5.75. The van der Waals surface area contributed by atoms with Gasteiger partial charge in [-0.3, -0.25) is 9.36 Å². The number of imidazole rings is 1. The zero-order chi connectivity index (χ0) is 9.84. The van der Waals surface area contributed by atoms with Crippen LogP contribution in [-0.2, 0) is 11.3 Å². The minimum Gasteiger partial charge on any atom is -0.344 e. The van der Waals surface area contributed by atoms with Crippen molar-refractivity contribution < 1.29 is 4.79 Å². The van der Waals surface area contributed by atoms with Gasteiger partial charge >= 0.3 is 5.69 Å². The number of nitrogens with one attached hydrogen (secondary N) is 1. The van der Waals surface area contributed by atoms with Crippen molar-refractivity contribution in [2.24, 2.45) is 0 Å². The molecule has 0 bridgehead atoms. The zero-order valence-corrected chi connectivity index (χ0v) is 7.78. The molecule has 0 unspecified atom stereocenters. The van der Waals surface area contributed by atoms with E-state index in [0.29, 0.717) is 6.54 Å². The Morgan fingerprint density at radius 2 is 2.38 bits per heavy atom. The highest BCUT2D eigenvalue weighted by Gasteiger charge is 2.07. The molecule has 0 radical (unpaired) electrons. The Kier molecular flexibility index (Phi) is 2.89. The van der Waals surface area contributed by atoms with Crippen LogP contribution in [0.4, 0.5) is 0 Å². The molecule has 1 amide bonds. The minimum atomic E-state index is -0.252. The fourth-order valence-corrected chi connectivity index (χ4v) is 0.916. The topological polar surface area (TPSA) is 58.1 Å². The number of hydrogen-bond acceptors (Lipinski definition) is 2. The van der Waals surface area contributed by atoms with Crippen LogP contribution in [0.5, 0.6) is 0 Å². The van der Waals surface area contributed by atoms with E-state index in [2.05, 4.69) is 4.98 Å². The zero-order valence-electron chi connectivity index (χ0n) is 7.78. The van der Waals surface area contributed by atoms with Gasteiger partial charge in [0.15, 0.2) is 0 Å². The molecule has 0 atom stereocenters. The lowest BCUT2D eigenvalue weighted by Gasteiger charge is -2.13. The van der Waals surface area contributed by atoms with Gasteiger partial charge in [0.05, 0.1) is 0 Å². The number of carbonyl (C=O) groups excluding carboxylic acids is 1. The first-order valence-electron chi connectivity index (χ1n) is 4.13. The van der Waals surface area contributed by atoms with Gasteiger partial charge < -0.3 is 9.88 Å². The summed E-state index contributed by atoms with van der Waals surface area (Å²) < 4.78 is 1.34. The predicted molar refractivity (Wildman–Crippen MR) is 48.4 cm³/mol. The largest absolute Gasteiger partial charge is 0.344 e. The fourth-order valence-electron chi connectivity index (χ4n) is 0.916. The van der Waals surface area contributed by atoms with E-state index in [-0.39, 0.29) is 18.1 Å². The maximum atomic E-state index is 11.3. The van der Waals surface area contributed by atoms with Gasteiger partial charge in [0.25, 0.3) is 0 Å². The van der Waals surface area contributed by atoms with Crippen molar-refractivity contribution in [3.63, 3.8) is 0 Å². The average Bonchev–Trinajstić information content (AvgIpc) is 2.50. The van der Waals surface area contributed by atoms with E-state index in [4.69, 9.17) is 0 Å². The van der Waals surface area contributed by atoms with Crippen LogP contribution in [0.15, 0.2) is 17.2 Å². The van der Waals surface area contributed by atoms with E-state index in [1.807, 2.05) is 6.92 Å². The number of likely N-dealkylation sites (N-methyl/N-ethyl adjacent to an activating group) is 1. The summed E-state index contributed by atoms with van der Waals surface area (Å²) in [5.41, 5.74) is -0.252. The molecule has 1 aromatic heterocycles. The van der Waals surface area contributed by atoms with Gasteiger partial charge in [0.2, 0.25) is 5.91 Å². The predicted octanol–water partition coefficient (Wildman–Crippen LogP) is -0.345. The molecule has 0 aliphatic rings. The lowest BCUT2D eigenvalue weighted by Crippen LogP contribution is -2.32. The van der Waals surface area contributed by atoms with E-state index in [9.17, 15) is 9.59 Å². The van der Waals surface area contributed by atoms with Crippen LogP contribution in [0.25, 0.3) is 0 Å². The van der Waals surface area contributed by atoms with Crippen molar-refractivity contribution in [1.82, 2.24) is 14.5 Å². The number of aromatic amines is 1. The molecule has 1 aromatic rings. The highest BCUT2D eigenvalue weighted by Crippen LogP contribution is 1.87. The van der Waals surface area contributed by atoms with Gasteiger partial charge in [-0.15, -0.1) is 0 Å². The molecular formula is C8H13N3O2. The molecule has 5 heteroatoms. The summed E-state index contributed by atoms with van der Waals surface area (Å²) in [6.07, 6.45) is 3.07. The Morgan fingerprint density at radius 1 is 1.69 bits per heavy atom. The van der Waals surface area contributed by atoms with E-state index in [0.717, 1.165) is 0 Å². The van der Waals surface area contributed by atoms with Crippen molar-refractivity contribution in [2.45, 2.75) is 13.5 Å². The quantitative estimate of drug-likeness (QED) is 0.696. The molecule has 0 fully saturated rings. The first-order valence-corrected chi connectivity index (χ1v) is 4.13. The molecule has 1 rings (SSSR count). The van der Waals surface area contributed by atoms with Crippen molar-refractivity contribution >= 4 is 5.91 Å². The third-order valence-corrected chi connectivity index (χ3v) is 1.93. The van der Waals surface area contributed by atoms with Crippen molar-refractivity contribution in [1.29, 1.82) is 0 Å². The number of nitrogens with zero attached hydrogens (tertiary/aromatic N) is 2. The Balaban J connectivity index is 2.65. The summed E-state index contributed by atoms with van der Waals surface area (Å²) >= 11 is 0. The Labute approximate surface area is 76.0 Å². The van der Waals surface area contributed by atoms with Gasteiger partial charge in [0.1, 0.15) is 6.54 Å². The van der Waals surface area contributed by atoms with Crippen LogP contribution < -0.4 is 5.69 Å². The number of H-pyrrole nitrogens is 1. The van der Waals surface area contributed by atoms with Crippen molar-refractivity contribution in [3.8, 4) is 0 Å². The third kappa shape index (κ3) is 2.21. The summed E-state index contributed by atoms with van der Waals surface area (Å²) in [4.78, 5) is 26.4. The molecule has 0 saturated carbocycles. The van der Waals surface area contributed by atoms with Crippen LogP contribution in [0.2, 0.25) is 0 Å². The SMILES string of the molecule is CCN(C)C(=O)Cn1cc[nH]c1=O. The van der Waals surface area contributed by atoms with Crippen LogP contribution in [0.1, 0.15) is 6.92 Å². The standard InChI is InChI=1S/C8H13N3O2/c1-3-10(2)7(12)6-11-5-4-9-8(11)13/h4-5H,3,6H2,1-2H3,(H,9,13). The number of hydrogen-bond donors (Lipinski definition) is 1. The molecule has 0 aromatic carbocycles. The van der Waals surface area contributed by atoms with Crippen LogP contribution >= 0.6 is 0 Å². The molecule has 0 saturated heterocycles. The number of amides is 1. The normalized spacial score (nSPS) is 10.0. The number of rotatable bonds is 3. The molecule has 72 valence electrons. The van der Waals surface area contributed by atoms with E-state index >= 15 is 0 Å². The van der Waals surface area contributed by atoms with Gasteiger partial charge in [-0.2, -0.15) is 0 Å². The summed E-state index contributed by atoms with van der Waals surface area (Å²) in [7, 11) is 1.71. The fraction of sp³-hybridized carbons (Fsp3) is 0.500. The van der Waals surface area contributed by atoms with Crippen LogP contribution in [-0.4, -0.2) is 34.0 Å².